The molecule has 0 unspecified atom stereocenters. The Labute approximate surface area is 119 Å². The summed E-state index contributed by atoms with van der Waals surface area (Å²) in [4.78, 5) is 8.16. The predicted octanol–water partition coefficient (Wildman–Crippen LogP) is 2.12. The highest BCUT2D eigenvalue weighted by Crippen LogP contribution is 2.15. The third kappa shape index (κ3) is 4.62. The Morgan fingerprint density at radius 1 is 1.15 bits per heavy atom. The van der Waals surface area contributed by atoms with Crippen LogP contribution in [0.25, 0.3) is 0 Å². The van der Waals surface area contributed by atoms with E-state index in [1.54, 1.807) is 0 Å². The minimum absolute atomic E-state index is 0.172. The molecule has 0 atom stereocenters. The number of nitrogens with one attached hydrogen (secondary N) is 1. The van der Waals surface area contributed by atoms with E-state index >= 15 is 0 Å². The topological polar surface area (TPSA) is 72.0 Å². The molecule has 20 heavy (non-hydrogen) atoms. The quantitative estimate of drug-likeness (QED) is 0.913. The third-order valence-corrected chi connectivity index (χ3v) is 3.74. The first-order valence-electron chi connectivity index (χ1n) is 6.25. The van der Waals surface area contributed by atoms with Crippen molar-refractivity contribution in [1.82, 2.24) is 9.97 Å². The molecule has 1 aromatic carbocycles. The molecule has 0 aliphatic heterocycles. The minimum Gasteiger partial charge on any atom is -0.340 e. The molecule has 1 N–H and O–H groups in total. The number of rotatable bonds is 5. The van der Waals surface area contributed by atoms with Crippen LogP contribution in [-0.4, -0.2) is 30.4 Å². The molecule has 0 amide bonds. The first-order chi connectivity index (χ1) is 9.42. The second-order valence-corrected chi connectivity index (χ2v) is 7.01. The van der Waals surface area contributed by atoms with Crippen LogP contribution in [0, 0.1) is 6.92 Å². The number of benzene rings is 1. The normalized spacial score (nSPS) is 11.3. The van der Waals surface area contributed by atoms with Crippen molar-refractivity contribution in [2.75, 3.05) is 17.3 Å². The molecule has 0 aliphatic carbocycles. The van der Waals surface area contributed by atoms with Crippen LogP contribution in [0.5, 0.6) is 0 Å². The zero-order valence-electron chi connectivity index (χ0n) is 11.5. The van der Waals surface area contributed by atoms with Gasteiger partial charge in [0.2, 0.25) is 0 Å². The summed E-state index contributed by atoms with van der Waals surface area (Å²) in [6, 6.07) is 9.52. The summed E-state index contributed by atoms with van der Waals surface area (Å²) in [6.07, 6.45) is 3.30. The van der Waals surface area contributed by atoms with E-state index in [1.807, 2.05) is 37.3 Å². The van der Waals surface area contributed by atoms with Crippen LogP contribution < -0.4 is 5.32 Å². The van der Waals surface area contributed by atoms with Crippen LogP contribution in [-0.2, 0) is 16.3 Å². The van der Waals surface area contributed by atoms with Gasteiger partial charge in [-0.15, -0.1) is 0 Å². The van der Waals surface area contributed by atoms with Crippen molar-refractivity contribution < 1.29 is 8.42 Å². The van der Waals surface area contributed by atoms with E-state index in [9.17, 15) is 8.42 Å². The van der Waals surface area contributed by atoms with E-state index in [2.05, 4.69) is 15.3 Å². The van der Waals surface area contributed by atoms with E-state index in [1.165, 1.54) is 12.6 Å². The van der Waals surface area contributed by atoms with Crippen LogP contribution in [0.2, 0.25) is 0 Å². The summed E-state index contributed by atoms with van der Waals surface area (Å²) in [5, 5.41) is 3.17. The molecule has 0 bridgehead atoms. The SMILES string of the molecule is Cc1cc(Nc2ccc(CCS(C)(=O)=O)cc2)ncn1. The van der Waals surface area contributed by atoms with Crippen molar-refractivity contribution in [3.05, 3.63) is 47.9 Å². The molecular formula is C14H17N3O2S. The van der Waals surface area contributed by atoms with Crippen LogP contribution >= 0.6 is 0 Å². The van der Waals surface area contributed by atoms with E-state index < -0.39 is 9.84 Å². The molecule has 0 radical (unpaired) electrons. The molecule has 6 heteroatoms. The lowest BCUT2D eigenvalue weighted by Crippen LogP contribution is -2.05. The first kappa shape index (κ1) is 14.5. The van der Waals surface area contributed by atoms with Crippen molar-refractivity contribution in [1.29, 1.82) is 0 Å². The summed E-state index contributed by atoms with van der Waals surface area (Å²) >= 11 is 0. The molecule has 2 rings (SSSR count). The predicted molar refractivity (Wildman–Crippen MR) is 79.9 cm³/mol. The number of anilines is 2. The van der Waals surface area contributed by atoms with E-state index in [-0.39, 0.29) is 5.75 Å². The van der Waals surface area contributed by atoms with Crippen molar-refractivity contribution in [3.63, 3.8) is 0 Å². The van der Waals surface area contributed by atoms with Gasteiger partial charge < -0.3 is 5.32 Å². The number of hydrogen-bond donors (Lipinski definition) is 1. The van der Waals surface area contributed by atoms with Crippen LogP contribution in [0.1, 0.15) is 11.3 Å². The Bertz CT molecular complexity index is 682. The fraction of sp³-hybridized carbons (Fsp3) is 0.286. The van der Waals surface area contributed by atoms with Gasteiger partial charge in [-0.1, -0.05) is 12.1 Å². The average Bonchev–Trinajstić information content (AvgIpc) is 2.37. The largest absolute Gasteiger partial charge is 0.340 e. The average molecular weight is 291 g/mol. The molecule has 5 nitrogen and oxygen atoms in total. The maximum absolute atomic E-state index is 11.1. The zero-order valence-corrected chi connectivity index (χ0v) is 12.3. The minimum atomic E-state index is -2.92. The van der Waals surface area contributed by atoms with Crippen LogP contribution in [0.3, 0.4) is 0 Å². The van der Waals surface area contributed by atoms with Gasteiger partial charge >= 0.3 is 0 Å². The highest BCUT2D eigenvalue weighted by atomic mass is 32.2. The van der Waals surface area contributed by atoms with E-state index in [0.29, 0.717) is 6.42 Å². The summed E-state index contributed by atoms with van der Waals surface area (Å²) in [7, 11) is -2.92. The summed E-state index contributed by atoms with van der Waals surface area (Å²) in [5.41, 5.74) is 2.80. The lowest BCUT2D eigenvalue weighted by Gasteiger charge is -2.07. The number of hydrogen-bond acceptors (Lipinski definition) is 5. The zero-order chi connectivity index (χ0) is 14.6. The van der Waals surface area contributed by atoms with Gasteiger partial charge in [0.25, 0.3) is 0 Å². The molecule has 1 aromatic heterocycles. The van der Waals surface area contributed by atoms with Crippen molar-refractivity contribution in [2.45, 2.75) is 13.3 Å². The standard InChI is InChI=1S/C14H17N3O2S/c1-11-9-14(16-10-15-11)17-13-5-3-12(4-6-13)7-8-20(2,18)19/h3-6,9-10H,7-8H2,1-2H3,(H,15,16,17). The van der Waals surface area contributed by atoms with Gasteiger partial charge in [-0.3, -0.25) is 0 Å². The first-order valence-corrected chi connectivity index (χ1v) is 8.31. The van der Waals surface area contributed by atoms with Gasteiger partial charge in [0, 0.05) is 23.7 Å². The number of nitrogens with zero attached hydrogens (tertiary/aromatic N) is 2. The Balaban J connectivity index is 2.01. The van der Waals surface area contributed by atoms with Gasteiger partial charge in [-0.05, 0) is 31.0 Å². The molecule has 106 valence electrons. The van der Waals surface area contributed by atoms with Gasteiger partial charge in [0.15, 0.2) is 0 Å². The van der Waals surface area contributed by atoms with Crippen molar-refractivity contribution in [3.8, 4) is 0 Å². The van der Waals surface area contributed by atoms with Crippen molar-refractivity contribution in [2.24, 2.45) is 0 Å². The third-order valence-electron chi connectivity index (χ3n) is 2.79. The molecular weight excluding hydrogens is 274 g/mol. The van der Waals surface area contributed by atoms with Gasteiger partial charge in [0.05, 0.1) is 5.75 Å². The molecule has 0 spiro atoms. The second-order valence-electron chi connectivity index (χ2n) is 4.75. The van der Waals surface area contributed by atoms with Crippen LogP contribution in [0.4, 0.5) is 11.5 Å². The Morgan fingerprint density at radius 3 is 2.45 bits per heavy atom. The fourth-order valence-corrected chi connectivity index (χ4v) is 2.34. The Hall–Kier alpha value is -1.95. The number of sulfone groups is 1. The molecule has 1 heterocycles. The fourth-order valence-electron chi connectivity index (χ4n) is 1.73. The van der Waals surface area contributed by atoms with Crippen LogP contribution in [0.15, 0.2) is 36.7 Å². The molecule has 0 fully saturated rings. The summed E-state index contributed by atoms with van der Waals surface area (Å²) in [5.74, 6) is 0.909. The van der Waals surface area contributed by atoms with E-state index in [4.69, 9.17) is 0 Å². The Morgan fingerprint density at radius 2 is 1.85 bits per heavy atom. The smallest absolute Gasteiger partial charge is 0.147 e. The monoisotopic (exact) mass is 291 g/mol. The summed E-state index contributed by atoms with van der Waals surface area (Å²) in [6.45, 7) is 1.90. The second kappa shape index (κ2) is 6.00. The van der Waals surface area contributed by atoms with Gasteiger partial charge in [-0.25, -0.2) is 18.4 Å². The maximum Gasteiger partial charge on any atom is 0.147 e. The van der Waals surface area contributed by atoms with Crippen molar-refractivity contribution >= 4 is 21.3 Å². The lowest BCUT2D eigenvalue weighted by molar-refractivity contribution is 0.601. The van der Waals surface area contributed by atoms with Gasteiger partial charge in [0.1, 0.15) is 22.0 Å². The highest BCUT2D eigenvalue weighted by Gasteiger charge is 2.03. The molecule has 0 saturated carbocycles. The number of aromatic nitrogens is 2. The highest BCUT2D eigenvalue weighted by molar-refractivity contribution is 7.90. The lowest BCUT2D eigenvalue weighted by atomic mass is 10.1. The summed E-state index contributed by atoms with van der Waals surface area (Å²) < 4.78 is 22.2. The van der Waals surface area contributed by atoms with Gasteiger partial charge in [-0.2, -0.15) is 0 Å². The molecule has 0 saturated heterocycles. The number of aryl methyl sites for hydroxylation is 2. The maximum atomic E-state index is 11.1. The Kier molecular flexibility index (Phi) is 4.34. The molecule has 2 aromatic rings. The van der Waals surface area contributed by atoms with E-state index in [0.717, 1.165) is 22.8 Å². The molecule has 0 aliphatic rings.